The first kappa shape index (κ1) is 14.9. The van der Waals surface area contributed by atoms with Crippen molar-refractivity contribution in [3.05, 3.63) is 29.3 Å². The fraction of sp³-hybridized carbons (Fsp3) is 0.500. The van der Waals surface area contributed by atoms with Crippen LogP contribution < -0.4 is 10.5 Å². The van der Waals surface area contributed by atoms with Crippen LogP contribution in [0.5, 0.6) is 5.75 Å². The van der Waals surface area contributed by atoms with E-state index in [1.807, 2.05) is 25.1 Å². The van der Waals surface area contributed by atoms with Crippen LogP contribution in [0.15, 0.2) is 18.2 Å². The van der Waals surface area contributed by atoms with Gasteiger partial charge in [0.05, 0.1) is 12.2 Å². The molecule has 4 heteroatoms. The Kier molecular flexibility index (Phi) is 6.68. The Morgan fingerprint density at radius 2 is 2.06 bits per heavy atom. The Morgan fingerprint density at radius 1 is 1.28 bits per heavy atom. The zero-order chi connectivity index (χ0) is 13.4. The average Bonchev–Trinajstić information content (AvgIpc) is 2.34. The van der Waals surface area contributed by atoms with Crippen LogP contribution in [0.4, 0.5) is 0 Å². The van der Waals surface area contributed by atoms with Crippen LogP contribution in [0.2, 0.25) is 0 Å². The highest BCUT2D eigenvalue weighted by Gasteiger charge is 2.08. The van der Waals surface area contributed by atoms with Gasteiger partial charge in [-0.25, -0.2) is 0 Å². The quantitative estimate of drug-likeness (QED) is 0.581. The zero-order valence-corrected chi connectivity index (χ0v) is 11.9. The summed E-state index contributed by atoms with van der Waals surface area (Å²) < 4.78 is 11.2. The van der Waals surface area contributed by atoms with Gasteiger partial charge in [0.1, 0.15) is 17.3 Å². The van der Waals surface area contributed by atoms with Crippen molar-refractivity contribution in [3.8, 4) is 5.75 Å². The lowest BCUT2D eigenvalue weighted by Gasteiger charge is -2.13. The summed E-state index contributed by atoms with van der Waals surface area (Å²) in [5.74, 6) is 0.768. The van der Waals surface area contributed by atoms with E-state index < -0.39 is 0 Å². The standard InChI is InChI=1S/C14H21NO2S/c1-3-4-8-16-9-10-17-13-11(2)6-5-7-12(13)14(15)18/h5-7H,3-4,8-10H2,1-2H3,(H2,15,18). The molecule has 0 aliphatic carbocycles. The third kappa shape index (κ3) is 4.63. The zero-order valence-electron chi connectivity index (χ0n) is 11.1. The molecule has 0 spiro atoms. The van der Waals surface area contributed by atoms with Gasteiger partial charge in [0.25, 0.3) is 0 Å². The number of ether oxygens (including phenoxy) is 2. The van der Waals surface area contributed by atoms with Crippen LogP contribution in [-0.2, 0) is 4.74 Å². The van der Waals surface area contributed by atoms with Crippen molar-refractivity contribution in [1.29, 1.82) is 0 Å². The van der Waals surface area contributed by atoms with Crippen molar-refractivity contribution < 1.29 is 9.47 Å². The van der Waals surface area contributed by atoms with E-state index in [0.29, 0.717) is 18.2 Å². The van der Waals surface area contributed by atoms with Crippen LogP contribution in [0.3, 0.4) is 0 Å². The molecular formula is C14H21NO2S. The van der Waals surface area contributed by atoms with Crippen molar-refractivity contribution in [1.82, 2.24) is 0 Å². The lowest BCUT2D eigenvalue weighted by atomic mass is 10.1. The highest BCUT2D eigenvalue weighted by molar-refractivity contribution is 7.80. The molecule has 0 fully saturated rings. The summed E-state index contributed by atoms with van der Waals surface area (Å²) in [6.45, 7) is 6.02. The molecule has 0 bridgehead atoms. The molecule has 0 aliphatic heterocycles. The van der Waals surface area contributed by atoms with Gasteiger partial charge in [0.15, 0.2) is 0 Å². The molecule has 0 saturated carbocycles. The second kappa shape index (κ2) is 8.06. The van der Waals surface area contributed by atoms with E-state index >= 15 is 0 Å². The minimum Gasteiger partial charge on any atom is -0.490 e. The van der Waals surface area contributed by atoms with Crippen molar-refractivity contribution >= 4 is 17.2 Å². The molecule has 0 amide bonds. The van der Waals surface area contributed by atoms with E-state index in [1.165, 1.54) is 0 Å². The van der Waals surface area contributed by atoms with Crippen LogP contribution in [0, 0.1) is 6.92 Å². The van der Waals surface area contributed by atoms with Gasteiger partial charge in [-0.05, 0) is 25.0 Å². The third-order valence-electron chi connectivity index (χ3n) is 2.59. The molecule has 100 valence electrons. The van der Waals surface area contributed by atoms with Crippen molar-refractivity contribution in [3.63, 3.8) is 0 Å². The second-order valence-corrected chi connectivity index (χ2v) is 4.57. The largest absolute Gasteiger partial charge is 0.490 e. The SMILES string of the molecule is CCCCOCCOc1c(C)cccc1C(N)=S. The first-order chi connectivity index (χ1) is 8.66. The van der Waals surface area contributed by atoms with Crippen molar-refractivity contribution in [2.45, 2.75) is 26.7 Å². The van der Waals surface area contributed by atoms with Crippen LogP contribution in [0.1, 0.15) is 30.9 Å². The summed E-state index contributed by atoms with van der Waals surface area (Å²) >= 11 is 5.01. The van der Waals surface area contributed by atoms with E-state index in [0.717, 1.165) is 36.3 Å². The number of rotatable bonds is 8. The lowest BCUT2D eigenvalue weighted by Crippen LogP contribution is -2.14. The number of hydrogen-bond acceptors (Lipinski definition) is 3. The Bertz CT molecular complexity index is 393. The Morgan fingerprint density at radius 3 is 2.72 bits per heavy atom. The molecule has 0 radical (unpaired) electrons. The van der Waals surface area contributed by atoms with E-state index in [2.05, 4.69) is 6.92 Å². The van der Waals surface area contributed by atoms with Crippen LogP contribution in [0.25, 0.3) is 0 Å². The fourth-order valence-corrected chi connectivity index (χ4v) is 1.75. The molecule has 0 saturated heterocycles. The number of unbranched alkanes of at least 4 members (excludes halogenated alkanes) is 1. The van der Waals surface area contributed by atoms with E-state index in [9.17, 15) is 0 Å². The van der Waals surface area contributed by atoms with E-state index in [4.69, 9.17) is 27.4 Å². The van der Waals surface area contributed by atoms with Gasteiger partial charge in [-0.1, -0.05) is 37.7 Å². The molecule has 3 nitrogen and oxygen atoms in total. The number of thiocarbonyl (C=S) groups is 1. The predicted octanol–water partition coefficient (Wildman–Crippen LogP) is 2.82. The predicted molar refractivity (Wildman–Crippen MR) is 78.3 cm³/mol. The summed E-state index contributed by atoms with van der Waals surface area (Å²) in [6.07, 6.45) is 2.23. The highest BCUT2D eigenvalue weighted by atomic mass is 32.1. The van der Waals surface area contributed by atoms with Gasteiger partial charge >= 0.3 is 0 Å². The minimum absolute atomic E-state index is 0.362. The van der Waals surface area contributed by atoms with E-state index in [-0.39, 0.29) is 0 Å². The van der Waals surface area contributed by atoms with Gasteiger partial charge in [-0.2, -0.15) is 0 Å². The third-order valence-corrected chi connectivity index (χ3v) is 2.81. The van der Waals surface area contributed by atoms with Gasteiger partial charge < -0.3 is 15.2 Å². The van der Waals surface area contributed by atoms with Gasteiger partial charge in [-0.3, -0.25) is 0 Å². The molecule has 0 heterocycles. The summed E-state index contributed by atoms with van der Waals surface area (Å²) in [5.41, 5.74) is 7.50. The normalized spacial score (nSPS) is 10.3. The smallest absolute Gasteiger partial charge is 0.132 e. The molecule has 18 heavy (non-hydrogen) atoms. The topological polar surface area (TPSA) is 44.5 Å². The fourth-order valence-electron chi connectivity index (χ4n) is 1.59. The maximum Gasteiger partial charge on any atom is 0.132 e. The molecule has 1 aromatic carbocycles. The Balaban J connectivity index is 2.48. The van der Waals surface area contributed by atoms with E-state index in [1.54, 1.807) is 0 Å². The number of hydrogen-bond donors (Lipinski definition) is 1. The Labute approximate surface area is 114 Å². The van der Waals surface area contributed by atoms with Crippen LogP contribution >= 0.6 is 12.2 Å². The minimum atomic E-state index is 0.362. The lowest BCUT2D eigenvalue weighted by molar-refractivity contribution is 0.0978. The summed E-state index contributed by atoms with van der Waals surface area (Å²) in [6, 6.07) is 5.78. The highest BCUT2D eigenvalue weighted by Crippen LogP contribution is 2.23. The monoisotopic (exact) mass is 267 g/mol. The molecule has 0 atom stereocenters. The first-order valence-electron chi connectivity index (χ1n) is 6.26. The van der Waals surface area contributed by atoms with Gasteiger partial charge in [0, 0.05) is 6.61 Å². The molecular weight excluding hydrogens is 246 g/mol. The second-order valence-electron chi connectivity index (χ2n) is 4.13. The maximum absolute atomic E-state index is 5.72. The molecule has 1 rings (SSSR count). The maximum atomic E-state index is 5.72. The van der Waals surface area contributed by atoms with Gasteiger partial charge in [-0.15, -0.1) is 0 Å². The number of nitrogens with two attached hydrogens (primary N) is 1. The molecule has 0 unspecified atom stereocenters. The number of para-hydroxylation sites is 1. The van der Waals surface area contributed by atoms with Crippen LogP contribution in [-0.4, -0.2) is 24.8 Å². The summed E-state index contributed by atoms with van der Waals surface area (Å²) in [7, 11) is 0. The molecule has 1 aromatic rings. The first-order valence-corrected chi connectivity index (χ1v) is 6.67. The molecule has 0 aliphatic rings. The van der Waals surface area contributed by atoms with Crippen molar-refractivity contribution in [2.24, 2.45) is 5.73 Å². The van der Waals surface area contributed by atoms with Crippen molar-refractivity contribution in [2.75, 3.05) is 19.8 Å². The number of benzene rings is 1. The molecule has 0 aromatic heterocycles. The summed E-state index contributed by atoms with van der Waals surface area (Å²) in [5, 5.41) is 0. The Hall–Kier alpha value is -1.13. The summed E-state index contributed by atoms with van der Waals surface area (Å²) in [4.78, 5) is 0.362. The van der Waals surface area contributed by atoms with Gasteiger partial charge in [0.2, 0.25) is 0 Å². The number of aryl methyl sites for hydroxylation is 1. The molecule has 2 N–H and O–H groups in total. The average molecular weight is 267 g/mol.